The lowest BCUT2D eigenvalue weighted by atomic mass is 10.2. The van der Waals surface area contributed by atoms with Gasteiger partial charge in [0.05, 0.1) is 5.69 Å². The number of hydrogen-bond acceptors (Lipinski definition) is 2. The van der Waals surface area contributed by atoms with Crippen LogP contribution in [0.15, 0.2) is 6.08 Å². The van der Waals surface area contributed by atoms with Crippen LogP contribution in [0.1, 0.15) is 11.3 Å². The van der Waals surface area contributed by atoms with Crippen LogP contribution in [0.3, 0.4) is 0 Å². The van der Waals surface area contributed by atoms with Gasteiger partial charge in [-0.25, -0.2) is 0 Å². The number of thiol groups is 1. The first-order valence-corrected chi connectivity index (χ1v) is 4.64. The molecule has 0 aliphatic carbocycles. The molecule has 4 heteroatoms. The molecular formula is C8H11ClN2S. The number of aryl methyl sites for hydroxylation is 2. The van der Waals surface area contributed by atoms with E-state index < -0.39 is 0 Å². The van der Waals surface area contributed by atoms with E-state index in [1.54, 1.807) is 4.68 Å². The van der Waals surface area contributed by atoms with Gasteiger partial charge in [0.1, 0.15) is 5.15 Å². The largest absolute Gasteiger partial charge is 0.256 e. The third-order valence-electron chi connectivity index (χ3n) is 1.59. The highest BCUT2D eigenvalue weighted by Gasteiger charge is 2.06. The minimum absolute atomic E-state index is 0.672. The Kier molecular flexibility index (Phi) is 3.23. The second kappa shape index (κ2) is 4.01. The third-order valence-corrected chi connectivity index (χ3v) is 2.25. The number of aromatic nitrogens is 2. The van der Waals surface area contributed by atoms with Gasteiger partial charge >= 0.3 is 0 Å². The molecule has 0 aliphatic rings. The van der Waals surface area contributed by atoms with Crippen LogP contribution in [0, 0.1) is 6.92 Å². The predicted octanol–water partition coefficient (Wildman–Crippen LogP) is 2.32. The lowest BCUT2D eigenvalue weighted by molar-refractivity contribution is 0.757. The zero-order valence-corrected chi connectivity index (χ0v) is 8.73. The molecule has 1 aromatic rings. The van der Waals surface area contributed by atoms with E-state index in [4.69, 9.17) is 11.6 Å². The molecular weight excluding hydrogens is 192 g/mol. The quantitative estimate of drug-likeness (QED) is 0.729. The molecule has 0 amide bonds. The van der Waals surface area contributed by atoms with Gasteiger partial charge < -0.3 is 0 Å². The summed E-state index contributed by atoms with van der Waals surface area (Å²) in [5.74, 6) is 0.713. The van der Waals surface area contributed by atoms with Gasteiger partial charge in [-0.2, -0.15) is 17.7 Å². The number of nitrogens with zero attached hydrogens (tertiary/aromatic N) is 2. The molecule has 12 heavy (non-hydrogen) atoms. The summed E-state index contributed by atoms with van der Waals surface area (Å²) in [4.78, 5) is 0. The van der Waals surface area contributed by atoms with E-state index in [-0.39, 0.29) is 0 Å². The molecule has 0 atom stereocenters. The van der Waals surface area contributed by atoms with Crippen molar-refractivity contribution in [1.82, 2.24) is 9.78 Å². The zero-order valence-electron chi connectivity index (χ0n) is 7.08. The van der Waals surface area contributed by atoms with Gasteiger partial charge in [-0.1, -0.05) is 23.8 Å². The van der Waals surface area contributed by atoms with Gasteiger partial charge in [0.25, 0.3) is 0 Å². The van der Waals surface area contributed by atoms with Gasteiger partial charge in [-0.15, -0.1) is 0 Å². The van der Waals surface area contributed by atoms with E-state index in [1.807, 2.05) is 26.1 Å². The molecule has 0 fully saturated rings. The monoisotopic (exact) mass is 202 g/mol. The molecule has 0 aromatic carbocycles. The molecule has 0 saturated heterocycles. The van der Waals surface area contributed by atoms with Gasteiger partial charge in [-0.05, 0) is 6.92 Å². The van der Waals surface area contributed by atoms with E-state index in [2.05, 4.69) is 17.7 Å². The average molecular weight is 203 g/mol. The Balaban J connectivity index is 3.05. The van der Waals surface area contributed by atoms with Crippen LogP contribution in [0.5, 0.6) is 0 Å². The summed E-state index contributed by atoms with van der Waals surface area (Å²) in [6, 6.07) is 0. The van der Waals surface area contributed by atoms with Crippen LogP contribution in [0.25, 0.3) is 6.08 Å². The molecule has 0 unspecified atom stereocenters. The van der Waals surface area contributed by atoms with Crippen molar-refractivity contribution in [1.29, 1.82) is 0 Å². The number of halogens is 1. The van der Waals surface area contributed by atoms with Crippen molar-refractivity contribution >= 4 is 30.3 Å². The summed E-state index contributed by atoms with van der Waals surface area (Å²) < 4.78 is 1.66. The molecule has 0 bridgehead atoms. The predicted molar refractivity (Wildman–Crippen MR) is 55.8 cm³/mol. The highest BCUT2D eigenvalue weighted by molar-refractivity contribution is 7.80. The maximum atomic E-state index is 5.97. The molecule has 1 heterocycles. The molecule has 0 saturated carbocycles. The Morgan fingerprint density at radius 1 is 1.67 bits per heavy atom. The van der Waals surface area contributed by atoms with Crippen LogP contribution in [-0.4, -0.2) is 15.5 Å². The fourth-order valence-electron chi connectivity index (χ4n) is 1.01. The van der Waals surface area contributed by atoms with Gasteiger partial charge in [0.2, 0.25) is 0 Å². The SMILES string of the molecule is Cc1nn(C)c(Cl)c1C=CCS. The Hall–Kier alpha value is -0.410. The van der Waals surface area contributed by atoms with Crippen LogP contribution >= 0.6 is 24.2 Å². The maximum absolute atomic E-state index is 5.97. The molecule has 2 nitrogen and oxygen atoms in total. The van der Waals surface area contributed by atoms with Gasteiger partial charge in [0, 0.05) is 18.4 Å². The van der Waals surface area contributed by atoms with Crippen LogP contribution < -0.4 is 0 Å². The van der Waals surface area contributed by atoms with Crippen LogP contribution in [0.2, 0.25) is 5.15 Å². The first-order valence-electron chi connectivity index (χ1n) is 3.63. The van der Waals surface area contributed by atoms with Crippen molar-refractivity contribution in [2.75, 3.05) is 5.75 Å². The molecule has 0 spiro atoms. The van der Waals surface area contributed by atoms with Crippen molar-refractivity contribution in [3.63, 3.8) is 0 Å². The normalized spacial score (nSPS) is 11.3. The molecule has 66 valence electrons. The Labute approximate surface area is 82.6 Å². The summed E-state index contributed by atoms with van der Waals surface area (Å²) in [6.45, 7) is 1.93. The summed E-state index contributed by atoms with van der Waals surface area (Å²) in [5, 5.41) is 4.84. The Morgan fingerprint density at radius 3 is 2.75 bits per heavy atom. The first-order chi connectivity index (χ1) is 5.66. The summed E-state index contributed by atoms with van der Waals surface area (Å²) >= 11 is 10.0. The van der Waals surface area contributed by atoms with Crippen molar-refractivity contribution < 1.29 is 0 Å². The van der Waals surface area contributed by atoms with Crippen molar-refractivity contribution in [2.24, 2.45) is 7.05 Å². The Morgan fingerprint density at radius 2 is 2.33 bits per heavy atom. The van der Waals surface area contributed by atoms with E-state index in [0.29, 0.717) is 10.9 Å². The smallest absolute Gasteiger partial charge is 0.134 e. The van der Waals surface area contributed by atoms with Crippen molar-refractivity contribution in [2.45, 2.75) is 6.92 Å². The van der Waals surface area contributed by atoms with Gasteiger partial charge in [-0.3, -0.25) is 4.68 Å². The fraction of sp³-hybridized carbons (Fsp3) is 0.375. The molecule has 0 radical (unpaired) electrons. The molecule has 0 N–H and O–H groups in total. The Bertz CT molecular complexity index is 304. The topological polar surface area (TPSA) is 17.8 Å². The highest BCUT2D eigenvalue weighted by Crippen LogP contribution is 2.19. The van der Waals surface area contributed by atoms with Crippen molar-refractivity contribution in [3.8, 4) is 0 Å². The maximum Gasteiger partial charge on any atom is 0.134 e. The molecule has 0 aliphatic heterocycles. The fourth-order valence-corrected chi connectivity index (χ4v) is 1.35. The average Bonchev–Trinajstić information content (AvgIpc) is 2.25. The van der Waals surface area contributed by atoms with E-state index in [1.165, 1.54) is 0 Å². The number of hydrogen-bond donors (Lipinski definition) is 1. The first kappa shape index (κ1) is 9.68. The molecule has 1 aromatic heterocycles. The summed E-state index contributed by atoms with van der Waals surface area (Å²) in [6.07, 6.45) is 3.89. The number of rotatable bonds is 2. The standard InChI is InChI=1S/C8H11ClN2S/c1-6-7(4-3-5-12)8(9)11(2)10-6/h3-4,12H,5H2,1-2H3. The second-order valence-electron chi connectivity index (χ2n) is 2.50. The minimum atomic E-state index is 0.672. The third kappa shape index (κ3) is 1.84. The summed E-state index contributed by atoms with van der Waals surface area (Å²) in [5.41, 5.74) is 1.92. The van der Waals surface area contributed by atoms with E-state index >= 15 is 0 Å². The lowest BCUT2D eigenvalue weighted by Gasteiger charge is -1.90. The lowest BCUT2D eigenvalue weighted by Crippen LogP contribution is -1.88. The molecule has 1 rings (SSSR count). The second-order valence-corrected chi connectivity index (χ2v) is 3.22. The minimum Gasteiger partial charge on any atom is -0.256 e. The zero-order chi connectivity index (χ0) is 9.14. The van der Waals surface area contributed by atoms with E-state index in [0.717, 1.165) is 11.3 Å². The van der Waals surface area contributed by atoms with Gasteiger partial charge in [0.15, 0.2) is 0 Å². The van der Waals surface area contributed by atoms with E-state index in [9.17, 15) is 0 Å². The summed E-state index contributed by atoms with van der Waals surface area (Å²) in [7, 11) is 1.83. The van der Waals surface area contributed by atoms with Crippen molar-refractivity contribution in [3.05, 3.63) is 22.5 Å². The van der Waals surface area contributed by atoms with Crippen LogP contribution in [-0.2, 0) is 7.05 Å². The van der Waals surface area contributed by atoms with Crippen LogP contribution in [0.4, 0.5) is 0 Å². The highest BCUT2D eigenvalue weighted by atomic mass is 35.5.